The smallest absolute Gasteiger partial charge is 0.240 e. The highest BCUT2D eigenvalue weighted by Gasteiger charge is 2.25. The van der Waals surface area contributed by atoms with Crippen LogP contribution in [0, 0.1) is 12.3 Å². The molecule has 0 aromatic carbocycles. The van der Waals surface area contributed by atoms with Crippen molar-refractivity contribution in [1.29, 1.82) is 0 Å². The second kappa shape index (κ2) is 6.73. The summed E-state index contributed by atoms with van der Waals surface area (Å²) in [5.41, 5.74) is 5.76. The Morgan fingerprint density at radius 1 is 1.45 bits per heavy atom. The molecule has 5 nitrogen and oxygen atoms in total. The summed E-state index contributed by atoms with van der Waals surface area (Å²) < 4.78 is 0.954. The summed E-state index contributed by atoms with van der Waals surface area (Å²) >= 11 is 3.36. The number of rotatable bonds is 3. The maximum Gasteiger partial charge on any atom is 0.240 e. The van der Waals surface area contributed by atoms with Gasteiger partial charge < -0.3 is 15.5 Å². The number of piperazine rings is 1. The predicted molar refractivity (Wildman–Crippen MR) is 82.2 cm³/mol. The number of halogens is 1. The van der Waals surface area contributed by atoms with Crippen LogP contribution in [0.25, 0.3) is 0 Å². The molecule has 2 heterocycles. The Hall–Kier alpha value is -1.58. The van der Waals surface area contributed by atoms with Gasteiger partial charge in [0.2, 0.25) is 5.91 Å². The first-order valence-electron chi connectivity index (χ1n) is 6.46. The van der Waals surface area contributed by atoms with Crippen LogP contribution in [-0.2, 0) is 4.79 Å². The zero-order valence-corrected chi connectivity index (χ0v) is 12.7. The monoisotopic (exact) mass is 336 g/mol. The number of nitrogens with zero attached hydrogens (tertiary/aromatic N) is 3. The number of nitrogens with two attached hydrogens (primary N) is 1. The summed E-state index contributed by atoms with van der Waals surface area (Å²) in [4.78, 5) is 20.3. The molecule has 0 bridgehead atoms. The van der Waals surface area contributed by atoms with Crippen LogP contribution in [0.15, 0.2) is 22.8 Å². The van der Waals surface area contributed by atoms with Crippen molar-refractivity contribution in [3.8, 4) is 12.3 Å². The van der Waals surface area contributed by atoms with Crippen molar-refractivity contribution >= 4 is 27.7 Å². The van der Waals surface area contributed by atoms with E-state index in [1.165, 1.54) is 0 Å². The molecule has 0 saturated carbocycles. The van der Waals surface area contributed by atoms with Gasteiger partial charge in [-0.05, 0) is 28.1 Å². The fourth-order valence-electron chi connectivity index (χ4n) is 2.16. The van der Waals surface area contributed by atoms with Gasteiger partial charge in [-0.25, -0.2) is 4.98 Å². The van der Waals surface area contributed by atoms with Crippen molar-refractivity contribution in [3.63, 3.8) is 0 Å². The SMILES string of the molecule is C#CCC(N)C(=O)N1CCN(c2ccc(Br)cn2)CC1. The maximum absolute atomic E-state index is 12.0. The maximum atomic E-state index is 12.0. The van der Waals surface area contributed by atoms with Crippen molar-refractivity contribution in [2.45, 2.75) is 12.5 Å². The van der Waals surface area contributed by atoms with Gasteiger partial charge in [-0.2, -0.15) is 0 Å². The third-order valence-electron chi connectivity index (χ3n) is 3.28. The number of hydrogen-bond donors (Lipinski definition) is 1. The molecule has 1 aromatic rings. The summed E-state index contributed by atoms with van der Waals surface area (Å²) in [7, 11) is 0. The van der Waals surface area contributed by atoms with Crippen molar-refractivity contribution in [1.82, 2.24) is 9.88 Å². The summed E-state index contributed by atoms with van der Waals surface area (Å²) in [5.74, 6) is 3.29. The van der Waals surface area contributed by atoms with Crippen LogP contribution in [0.4, 0.5) is 5.82 Å². The fourth-order valence-corrected chi connectivity index (χ4v) is 2.39. The molecule has 1 amide bonds. The minimum atomic E-state index is -0.586. The Morgan fingerprint density at radius 2 is 2.15 bits per heavy atom. The van der Waals surface area contributed by atoms with Crippen LogP contribution < -0.4 is 10.6 Å². The van der Waals surface area contributed by atoms with E-state index in [4.69, 9.17) is 12.2 Å². The largest absolute Gasteiger partial charge is 0.353 e. The molecule has 1 atom stereocenters. The highest BCUT2D eigenvalue weighted by molar-refractivity contribution is 9.10. The first kappa shape index (κ1) is 14.8. The fraction of sp³-hybridized carbons (Fsp3) is 0.429. The Balaban J connectivity index is 1.91. The second-order valence-corrected chi connectivity index (χ2v) is 5.58. The molecule has 2 rings (SSSR count). The molecule has 0 aliphatic carbocycles. The molecule has 1 aromatic heterocycles. The molecule has 1 saturated heterocycles. The third-order valence-corrected chi connectivity index (χ3v) is 3.75. The Kier molecular flexibility index (Phi) is 4.99. The predicted octanol–water partition coefficient (Wildman–Crippen LogP) is 0.843. The van der Waals surface area contributed by atoms with Crippen LogP contribution in [0.5, 0.6) is 0 Å². The van der Waals surface area contributed by atoms with E-state index in [1.54, 1.807) is 11.1 Å². The number of pyridine rings is 1. The molecule has 0 spiro atoms. The molecule has 1 unspecified atom stereocenters. The van der Waals surface area contributed by atoms with E-state index in [2.05, 4.69) is 31.7 Å². The number of aromatic nitrogens is 1. The number of carbonyl (C=O) groups is 1. The Morgan fingerprint density at radius 3 is 2.70 bits per heavy atom. The van der Waals surface area contributed by atoms with Gasteiger partial charge in [0.15, 0.2) is 0 Å². The molecule has 20 heavy (non-hydrogen) atoms. The van der Waals surface area contributed by atoms with E-state index in [0.717, 1.165) is 23.4 Å². The second-order valence-electron chi connectivity index (χ2n) is 4.66. The van der Waals surface area contributed by atoms with Crippen LogP contribution >= 0.6 is 15.9 Å². The lowest BCUT2D eigenvalue weighted by molar-refractivity contribution is -0.132. The molecule has 0 radical (unpaired) electrons. The van der Waals surface area contributed by atoms with E-state index >= 15 is 0 Å². The molecule has 1 aliphatic rings. The first-order valence-corrected chi connectivity index (χ1v) is 7.25. The first-order chi connectivity index (χ1) is 9.61. The molecule has 6 heteroatoms. The van der Waals surface area contributed by atoms with Crippen molar-refractivity contribution < 1.29 is 4.79 Å². The topological polar surface area (TPSA) is 62.5 Å². The van der Waals surface area contributed by atoms with Gasteiger partial charge in [0.25, 0.3) is 0 Å². The summed E-state index contributed by atoms with van der Waals surface area (Å²) in [6.07, 6.45) is 7.24. The van der Waals surface area contributed by atoms with E-state index in [9.17, 15) is 4.79 Å². The van der Waals surface area contributed by atoms with Gasteiger partial charge in [0.05, 0.1) is 6.04 Å². The minimum Gasteiger partial charge on any atom is -0.353 e. The molecule has 1 aliphatic heterocycles. The quantitative estimate of drug-likeness (QED) is 0.831. The zero-order valence-electron chi connectivity index (χ0n) is 11.1. The molecular formula is C14H17BrN4O. The van der Waals surface area contributed by atoms with Crippen molar-refractivity contribution in [2.24, 2.45) is 5.73 Å². The highest BCUT2D eigenvalue weighted by atomic mass is 79.9. The third kappa shape index (κ3) is 3.50. The van der Waals surface area contributed by atoms with E-state index in [-0.39, 0.29) is 12.3 Å². The molecule has 106 valence electrons. The van der Waals surface area contributed by atoms with E-state index in [1.807, 2.05) is 12.1 Å². The number of anilines is 1. The van der Waals surface area contributed by atoms with E-state index in [0.29, 0.717) is 13.1 Å². The van der Waals surface area contributed by atoms with Crippen molar-refractivity contribution in [2.75, 3.05) is 31.1 Å². The minimum absolute atomic E-state index is 0.0636. The summed E-state index contributed by atoms with van der Waals surface area (Å²) in [6, 6.07) is 3.34. The Labute approximate surface area is 127 Å². The van der Waals surface area contributed by atoms with Crippen LogP contribution in [0.3, 0.4) is 0 Å². The van der Waals surface area contributed by atoms with Gasteiger partial charge in [0, 0.05) is 43.3 Å². The average molecular weight is 337 g/mol. The lowest BCUT2D eigenvalue weighted by Gasteiger charge is -2.36. The normalized spacial score (nSPS) is 16.6. The van der Waals surface area contributed by atoms with Gasteiger partial charge in [0.1, 0.15) is 5.82 Å². The van der Waals surface area contributed by atoms with Crippen LogP contribution in [-0.4, -0.2) is 48.0 Å². The molecule has 1 fully saturated rings. The summed E-state index contributed by atoms with van der Waals surface area (Å²) in [5, 5.41) is 0. The lowest BCUT2D eigenvalue weighted by Crippen LogP contribution is -2.53. The highest BCUT2D eigenvalue weighted by Crippen LogP contribution is 2.16. The standard InChI is InChI=1S/C14H17BrN4O/c1-2-3-12(16)14(20)19-8-6-18(7-9-19)13-5-4-11(15)10-17-13/h1,4-5,10,12H,3,6-9,16H2. The van der Waals surface area contributed by atoms with Gasteiger partial charge in [-0.15, -0.1) is 12.3 Å². The number of hydrogen-bond acceptors (Lipinski definition) is 4. The number of terminal acetylenes is 1. The van der Waals surface area contributed by atoms with Crippen LogP contribution in [0.1, 0.15) is 6.42 Å². The number of carbonyl (C=O) groups excluding carboxylic acids is 1. The lowest BCUT2D eigenvalue weighted by atomic mass is 10.2. The summed E-state index contributed by atoms with van der Waals surface area (Å²) in [6.45, 7) is 2.80. The molecular weight excluding hydrogens is 320 g/mol. The van der Waals surface area contributed by atoms with Crippen molar-refractivity contribution in [3.05, 3.63) is 22.8 Å². The van der Waals surface area contributed by atoms with E-state index < -0.39 is 6.04 Å². The Bertz CT molecular complexity index is 503. The van der Waals surface area contributed by atoms with Gasteiger partial charge in [-0.3, -0.25) is 4.79 Å². The number of amides is 1. The van der Waals surface area contributed by atoms with Crippen LogP contribution in [0.2, 0.25) is 0 Å². The zero-order chi connectivity index (χ0) is 14.5. The molecule has 2 N–H and O–H groups in total. The van der Waals surface area contributed by atoms with Gasteiger partial charge in [-0.1, -0.05) is 0 Å². The average Bonchev–Trinajstić information content (AvgIpc) is 2.48. The van der Waals surface area contributed by atoms with Gasteiger partial charge >= 0.3 is 0 Å².